The zero-order valence-corrected chi connectivity index (χ0v) is 29.4. The van der Waals surface area contributed by atoms with Gasteiger partial charge in [-0.1, -0.05) is 13.0 Å². The lowest BCUT2D eigenvalue weighted by atomic mass is 9.85. The first kappa shape index (κ1) is 34.9. The predicted octanol–water partition coefficient (Wildman–Crippen LogP) is 2.92. The number of likely N-dealkylation sites (tertiary alicyclic amines) is 2. The Kier molecular flexibility index (Phi) is 10.4. The lowest BCUT2D eigenvalue weighted by Gasteiger charge is -2.41. The zero-order valence-electron chi connectivity index (χ0n) is 29.4. The summed E-state index contributed by atoms with van der Waals surface area (Å²) in [6.45, 7) is 7.21. The number of hydrogen-bond donors (Lipinski definition) is 1. The predicted molar refractivity (Wildman–Crippen MR) is 185 cm³/mol. The molecule has 5 aliphatic heterocycles. The van der Waals surface area contributed by atoms with Crippen molar-refractivity contribution in [2.75, 3.05) is 66.0 Å². The SMILES string of the molecule is CC1CCC(N(C(=O)[C@@H]2CCCO2)[C@H]2C[C@H](C(=O)N3CCN(C)CC3)N(C(=O)[C@H]3CCN(C4=NNCC=C4c4ccc(F)cc4F)C3)C2)CC1. The van der Waals surface area contributed by atoms with Crippen molar-refractivity contribution in [2.24, 2.45) is 16.9 Å². The number of rotatable bonds is 6. The van der Waals surface area contributed by atoms with Crippen LogP contribution < -0.4 is 5.43 Å². The summed E-state index contributed by atoms with van der Waals surface area (Å²) < 4.78 is 34.5. The van der Waals surface area contributed by atoms with E-state index in [2.05, 4.69) is 22.4 Å². The van der Waals surface area contributed by atoms with E-state index in [1.807, 2.05) is 27.8 Å². The van der Waals surface area contributed by atoms with Crippen molar-refractivity contribution in [3.8, 4) is 0 Å². The highest BCUT2D eigenvalue weighted by Crippen LogP contribution is 2.36. The summed E-state index contributed by atoms with van der Waals surface area (Å²) in [5.41, 5.74) is 3.78. The van der Waals surface area contributed by atoms with Gasteiger partial charge in [0, 0.05) is 75.7 Å². The molecule has 0 radical (unpaired) electrons. The van der Waals surface area contributed by atoms with Gasteiger partial charge >= 0.3 is 0 Å². The third-order valence-corrected chi connectivity index (χ3v) is 11.8. The van der Waals surface area contributed by atoms with Gasteiger partial charge < -0.3 is 34.7 Å². The Morgan fingerprint density at radius 2 is 1.72 bits per heavy atom. The first-order valence-corrected chi connectivity index (χ1v) is 18.6. The highest BCUT2D eigenvalue weighted by molar-refractivity contribution is 6.23. The Bertz CT molecular complexity index is 1500. The molecule has 6 aliphatic rings. The molecular formula is C37H51F2N7O4. The van der Waals surface area contributed by atoms with Gasteiger partial charge in [0.25, 0.3) is 5.91 Å². The van der Waals surface area contributed by atoms with Crippen LogP contribution in [0.15, 0.2) is 29.4 Å². The van der Waals surface area contributed by atoms with Crippen LogP contribution in [-0.2, 0) is 19.1 Å². The fourth-order valence-electron chi connectivity index (χ4n) is 8.84. The minimum absolute atomic E-state index is 0.00865. The van der Waals surface area contributed by atoms with Gasteiger partial charge in [-0.25, -0.2) is 8.78 Å². The van der Waals surface area contributed by atoms with Crippen LogP contribution in [0.2, 0.25) is 0 Å². The molecule has 7 rings (SSSR count). The standard InChI is InChI=1S/C37H51F2N7O4/c1-24-5-8-27(9-6-24)46(37(49)33-4-3-19-50-33)28-21-32(36(48)43-17-15-42(2)16-18-43)45(23-28)35(47)25-12-14-44(22-25)34-30(11-13-40-41-34)29-10-7-26(38)20-31(29)39/h7,10-11,20,24-25,27-28,32-33,40H,3-6,8-9,12-19,21-23H2,1-2H3/t24?,25-,27?,28-,32+,33-/m0/s1. The Labute approximate surface area is 293 Å². The number of benzene rings is 1. The molecule has 5 heterocycles. The minimum atomic E-state index is -0.666. The zero-order chi connectivity index (χ0) is 34.9. The van der Waals surface area contributed by atoms with Crippen molar-refractivity contribution in [1.29, 1.82) is 0 Å². The molecule has 1 aromatic carbocycles. The number of hydrazone groups is 1. The molecule has 1 saturated carbocycles. The van der Waals surface area contributed by atoms with Gasteiger partial charge in [-0.15, -0.1) is 0 Å². The lowest BCUT2D eigenvalue weighted by Crippen LogP contribution is -2.54. The first-order valence-electron chi connectivity index (χ1n) is 18.6. The summed E-state index contributed by atoms with van der Waals surface area (Å²) in [6, 6.07) is 2.68. The van der Waals surface area contributed by atoms with Crippen LogP contribution in [0, 0.1) is 23.5 Å². The highest BCUT2D eigenvalue weighted by atomic mass is 19.1. The number of piperazine rings is 1. The number of amides is 3. The molecule has 4 atom stereocenters. The molecule has 4 saturated heterocycles. The van der Waals surface area contributed by atoms with Gasteiger partial charge in [0.15, 0.2) is 5.84 Å². The van der Waals surface area contributed by atoms with Crippen LogP contribution in [0.25, 0.3) is 5.57 Å². The summed E-state index contributed by atoms with van der Waals surface area (Å²) in [5.74, 6) is -0.710. The molecule has 0 unspecified atom stereocenters. The molecule has 1 aromatic rings. The molecule has 5 fully saturated rings. The van der Waals surface area contributed by atoms with Crippen LogP contribution in [0.5, 0.6) is 0 Å². The number of nitrogens with zero attached hydrogens (tertiary/aromatic N) is 6. The average molecular weight is 696 g/mol. The molecule has 0 bridgehead atoms. The van der Waals surface area contributed by atoms with Gasteiger partial charge in [-0.3, -0.25) is 14.4 Å². The molecule has 1 aliphatic carbocycles. The minimum Gasteiger partial charge on any atom is -0.368 e. The monoisotopic (exact) mass is 695 g/mol. The third-order valence-electron chi connectivity index (χ3n) is 11.8. The Hall–Kier alpha value is -3.58. The molecule has 1 N–H and O–H groups in total. The highest BCUT2D eigenvalue weighted by Gasteiger charge is 2.49. The average Bonchev–Trinajstić information content (AvgIpc) is 3.91. The quantitative estimate of drug-likeness (QED) is 0.489. The molecule has 50 heavy (non-hydrogen) atoms. The Morgan fingerprint density at radius 3 is 2.44 bits per heavy atom. The second kappa shape index (κ2) is 15.0. The molecule has 13 heteroatoms. The lowest BCUT2D eigenvalue weighted by molar-refractivity contribution is -0.148. The van der Waals surface area contributed by atoms with Gasteiger partial charge in [0.05, 0.1) is 18.5 Å². The van der Waals surface area contributed by atoms with Gasteiger partial charge in [0.1, 0.15) is 23.8 Å². The number of amidine groups is 1. The Balaban J connectivity index is 1.13. The topological polar surface area (TPSA) is 101 Å². The van der Waals surface area contributed by atoms with Gasteiger partial charge in [-0.2, -0.15) is 5.10 Å². The van der Waals surface area contributed by atoms with Crippen molar-refractivity contribution >= 4 is 29.1 Å². The maximum absolute atomic E-state index is 14.9. The summed E-state index contributed by atoms with van der Waals surface area (Å²) in [4.78, 5) is 53.0. The smallest absolute Gasteiger partial charge is 0.252 e. The summed E-state index contributed by atoms with van der Waals surface area (Å²) in [5, 5.41) is 4.50. The number of likely N-dealkylation sites (N-methyl/N-ethyl adjacent to an activating group) is 1. The molecule has 272 valence electrons. The van der Waals surface area contributed by atoms with E-state index < -0.39 is 29.7 Å². The summed E-state index contributed by atoms with van der Waals surface area (Å²) >= 11 is 0. The summed E-state index contributed by atoms with van der Waals surface area (Å²) in [7, 11) is 2.05. The van der Waals surface area contributed by atoms with Gasteiger partial charge in [-0.05, 0) is 76.5 Å². The Morgan fingerprint density at radius 1 is 0.940 bits per heavy atom. The number of carbonyl (C=O) groups is 3. The molecule has 3 amide bonds. The number of hydrogen-bond acceptors (Lipinski definition) is 8. The van der Waals surface area contributed by atoms with E-state index in [1.165, 1.54) is 12.1 Å². The van der Waals surface area contributed by atoms with Crippen molar-refractivity contribution in [2.45, 2.75) is 82.5 Å². The van der Waals surface area contributed by atoms with E-state index in [4.69, 9.17) is 4.74 Å². The fraction of sp³-hybridized carbons (Fsp3) is 0.676. The first-order chi connectivity index (χ1) is 24.2. The van der Waals surface area contributed by atoms with Crippen molar-refractivity contribution in [3.63, 3.8) is 0 Å². The molecule has 0 spiro atoms. The van der Waals surface area contributed by atoms with Crippen molar-refractivity contribution < 1.29 is 27.9 Å². The largest absolute Gasteiger partial charge is 0.368 e. The molecule has 0 aromatic heterocycles. The second-order valence-electron chi connectivity index (χ2n) is 15.2. The molecule has 11 nitrogen and oxygen atoms in total. The third kappa shape index (κ3) is 7.12. The van der Waals surface area contributed by atoms with Gasteiger partial charge in [0.2, 0.25) is 11.8 Å². The van der Waals surface area contributed by atoms with Crippen molar-refractivity contribution in [1.82, 2.24) is 29.9 Å². The van der Waals surface area contributed by atoms with Crippen LogP contribution in [0.3, 0.4) is 0 Å². The van der Waals surface area contributed by atoms with E-state index in [-0.39, 0.29) is 35.4 Å². The van der Waals surface area contributed by atoms with Crippen LogP contribution in [0.1, 0.15) is 63.9 Å². The number of carbonyl (C=O) groups excluding carboxylic acids is 3. The number of nitrogens with one attached hydrogen (secondary N) is 1. The van der Waals surface area contributed by atoms with E-state index in [1.54, 1.807) is 4.90 Å². The fourth-order valence-corrected chi connectivity index (χ4v) is 8.84. The van der Waals surface area contributed by atoms with Crippen LogP contribution in [-0.4, -0.2) is 138 Å². The van der Waals surface area contributed by atoms with E-state index in [9.17, 15) is 23.2 Å². The number of ether oxygens (including phenoxy) is 1. The van der Waals surface area contributed by atoms with Crippen LogP contribution in [0.4, 0.5) is 8.78 Å². The second-order valence-corrected chi connectivity index (χ2v) is 15.2. The van der Waals surface area contributed by atoms with E-state index >= 15 is 0 Å². The maximum atomic E-state index is 14.9. The maximum Gasteiger partial charge on any atom is 0.252 e. The van der Waals surface area contributed by atoms with Crippen LogP contribution >= 0.6 is 0 Å². The summed E-state index contributed by atoms with van der Waals surface area (Å²) in [6.07, 6.45) is 7.82. The normalized spacial score (nSPS) is 30.6. The molecular weight excluding hydrogens is 644 g/mol. The number of halogens is 2. The van der Waals surface area contributed by atoms with E-state index in [0.29, 0.717) is 82.5 Å². The van der Waals surface area contributed by atoms with E-state index in [0.717, 1.165) is 51.3 Å². The van der Waals surface area contributed by atoms with Crippen molar-refractivity contribution in [3.05, 3.63) is 41.5 Å².